The van der Waals surface area contributed by atoms with Crippen molar-refractivity contribution >= 4 is 17.9 Å². The molecule has 264 valence electrons. The molecule has 7 nitrogen and oxygen atoms in total. The molecule has 0 aromatic carbocycles. The van der Waals surface area contributed by atoms with Crippen LogP contribution in [0, 0.1) is 17.8 Å². The number of allylic oxidation sites excluding steroid dienone is 2. The van der Waals surface area contributed by atoms with Gasteiger partial charge in [-0.3, -0.25) is 9.59 Å². The van der Waals surface area contributed by atoms with E-state index in [1.807, 2.05) is 13.8 Å². The van der Waals surface area contributed by atoms with Gasteiger partial charge in [0.25, 0.3) is 0 Å². The maximum atomic E-state index is 12.0. The van der Waals surface area contributed by atoms with Gasteiger partial charge in [0.15, 0.2) is 0 Å². The number of hydrogen-bond acceptors (Lipinski definition) is 4. The van der Waals surface area contributed by atoms with Gasteiger partial charge < -0.3 is 24.6 Å². The minimum atomic E-state index is -1.14. The van der Waals surface area contributed by atoms with Crippen LogP contribution in [0.15, 0.2) is 12.2 Å². The molecule has 0 aromatic heterocycles. The summed E-state index contributed by atoms with van der Waals surface area (Å²) < 4.78 is 0.221. The molecule has 0 heterocycles. The van der Waals surface area contributed by atoms with Gasteiger partial charge in [-0.05, 0) is 57.8 Å². The van der Waals surface area contributed by atoms with Gasteiger partial charge in [-0.1, -0.05) is 123 Å². The second kappa shape index (κ2) is 28.3. The van der Waals surface area contributed by atoms with Gasteiger partial charge in [-0.25, -0.2) is 0 Å². The number of aliphatic carboxylic acids is 3. The Bertz CT molecular complexity index is 722. The first-order chi connectivity index (χ1) is 21.7. The predicted molar refractivity (Wildman–Crippen MR) is 184 cm³/mol. The molecular formula is C38H71NO6. The fraction of sp³-hybridized carbons (Fsp3) is 0.868. The van der Waals surface area contributed by atoms with E-state index < -0.39 is 35.7 Å². The summed E-state index contributed by atoms with van der Waals surface area (Å²) in [5.74, 6) is -4.94. The molecule has 45 heavy (non-hydrogen) atoms. The van der Waals surface area contributed by atoms with E-state index in [1.165, 1.54) is 103 Å². The van der Waals surface area contributed by atoms with Crippen LogP contribution in [-0.4, -0.2) is 58.8 Å². The Labute approximate surface area is 276 Å². The zero-order chi connectivity index (χ0) is 33.8. The van der Waals surface area contributed by atoms with Crippen LogP contribution in [-0.2, 0) is 14.4 Å². The van der Waals surface area contributed by atoms with Crippen molar-refractivity contribution in [2.45, 2.75) is 169 Å². The zero-order valence-corrected chi connectivity index (χ0v) is 29.7. The van der Waals surface area contributed by atoms with Crippen molar-refractivity contribution in [3.05, 3.63) is 12.2 Å². The summed E-state index contributed by atoms with van der Waals surface area (Å²) in [5.41, 5.74) is 0. The Morgan fingerprint density at radius 1 is 0.533 bits per heavy atom. The van der Waals surface area contributed by atoms with Crippen LogP contribution < -0.4 is 5.11 Å². The minimum Gasteiger partial charge on any atom is -0.550 e. The number of carboxylic acids is 3. The Kier molecular flexibility index (Phi) is 27.2. The third kappa shape index (κ3) is 22.3. The largest absolute Gasteiger partial charge is 0.550 e. The summed E-state index contributed by atoms with van der Waals surface area (Å²) in [4.78, 5) is 35.9. The normalized spacial score (nSPS) is 15.1. The quantitative estimate of drug-likeness (QED) is 0.0422. The van der Waals surface area contributed by atoms with Crippen LogP contribution in [0.5, 0.6) is 0 Å². The minimum absolute atomic E-state index is 0.221. The Balaban J connectivity index is 4.48. The van der Waals surface area contributed by atoms with Crippen LogP contribution in [0.2, 0.25) is 0 Å². The topological polar surface area (TPSA) is 115 Å². The molecule has 0 fully saturated rings. The average molecular weight is 638 g/mol. The van der Waals surface area contributed by atoms with E-state index in [4.69, 9.17) is 0 Å². The molecule has 0 aromatic rings. The molecule has 3 atom stereocenters. The summed E-state index contributed by atoms with van der Waals surface area (Å²) in [6.45, 7) is 9.06. The number of carbonyl (C=O) groups excluding carboxylic acids is 1. The maximum absolute atomic E-state index is 12.0. The molecule has 7 heteroatoms. The maximum Gasteiger partial charge on any atom is 0.312 e. The van der Waals surface area contributed by atoms with Crippen LogP contribution in [0.4, 0.5) is 0 Å². The van der Waals surface area contributed by atoms with Crippen molar-refractivity contribution < 1.29 is 34.2 Å². The molecule has 0 radical (unpaired) electrons. The molecular weight excluding hydrogens is 566 g/mol. The molecule has 0 rings (SSSR count). The summed E-state index contributed by atoms with van der Waals surface area (Å²) in [6, 6.07) is 0. The molecule has 0 bridgehead atoms. The Hall–Kier alpha value is -1.89. The molecule has 0 aliphatic carbocycles. The van der Waals surface area contributed by atoms with Gasteiger partial charge in [0.2, 0.25) is 0 Å². The third-order valence-corrected chi connectivity index (χ3v) is 9.73. The Morgan fingerprint density at radius 3 is 1.20 bits per heavy atom. The second-order valence-electron chi connectivity index (χ2n) is 13.6. The van der Waals surface area contributed by atoms with E-state index in [-0.39, 0.29) is 24.1 Å². The lowest BCUT2D eigenvalue weighted by molar-refractivity contribution is -0.935. The van der Waals surface area contributed by atoms with Crippen molar-refractivity contribution in [2.75, 3.05) is 26.2 Å². The van der Waals surface area contributed by atoms with Gasteiger partial charge >= 0.3 is 11.9 Å². The van der Waals surface area contributed by atoms with Crippen LogP contribution >= 0.6 is 0 Å². The molecule has 2 N–H and O–H groups in total. The fourth-order valence-corrected chi connectivity index (χ4v) is 6.61. The summed E-state index contributed by atoms with van der Waals surface area (Å²) in [5, 5.41) is 31.5. The molecule has 3 unspecified atom stereocenters. The third-order valence-electron chi connectivity index (χ3n) is 9.73. The Morgan fingerprint density at radius 2 is 0.867 bits per heavy atom. The van der Waals surface area contributed by atoms with E-state index in [2.05, 4.69) is 19.1 Å². The van der Waals surface area contributed by atoms with Crippen molar-refractivity contribution in [1.29, 1.82) is 0 Å². The van der Waals surface area contributed by atoms with Crippen molar-refractivity contribution in [3.63, 3.8) is 0 Å². The van der Waals surface area contributed by atoms with Gasteiger partial charge in [-0.2, -0.15) is 0 Å². The number of carbonyl (C=O) groups is 3. The van der Waals surface area contributed by atoms with Gasteiger partial charge in [-0.15, -0.1) is 0 Å². The lowest BCUT2D eigenvalue weighted by Gasteiger charge is -2.44. The van der Waals surface area contributed by atoms with Gasteiger partial charge in [0, 0.05) is 5.92 Å². The lowest BCUT2D eigenvalue weighted by atomic mass is 9.95. The number of quaternary nitrogens is 1. The highest BCUT2D eigenvalue weighted by atomic mass is 16.4. The smallest absolute Gasteiger partial charge is 0.312 e. The van der Waals surface area contributed by atoms with Gasteiger partial charge in [0.1, 0.15) is 11.8 Å². The standard InChI is InChI=1S/C38H71NO6/c1-5-9-10-11-12-13-14-15-16-17-18-19-20-21-22-23-24-25-26-27-28-29-39(30-33(6-2)36(40)41,31-34(7-3)37(42)43)32-35(8-4)38(44)45/h12-13,33-35H,5-11,14-32H2,1-4H3,(H2-,40,41,42,43,44,45)/b13-12+. The second-order valence-corrected chi connectivity index (χ2v) is 13.6. The molecule has 0 aliphatic rings. The first-order valence-corrected chi connectivity index (χ1v) is 18.8. The zero-order valence-electron chi connectivity index (χ0n) is 29.7. The molecule has 0 saturated heterocycles. The van der Waals surface area contributed by atoms with Crippen molar-refractivity contribution in [3.8, 4) is 0 Å². The van der Waals surface area contributed by atoms with Crippen molar-refractivity contribution in [2.24, 2.45) is 17.8 Å². The predicted octanol–water partition coefficient (Wildman–Crippen LogP) is 8.79. The van der Waals surface area contributed by atoms with Crippen LogP contribution in [0.25, 0.3) is 0 Å². The number of rotatable bonds is 33. The van der Waals surface area contributed by atoms with Crippen LogP contribution in [0.3, 0.4) is 0 Å². The van der Waals surface area contributed by atoms with E-state index in [0.717, 1.165) is 19.3 Å². The average Bonchev–Trinajstić information content (AvgIpc) is 3.01. The van der Waals surface area contributed by atoms with E-state index in [1.54, 1.807) is 6.92 Å². The highest BCUT2D eigenvalue weighted by Crippen LogP contribution is 2.25. The molecule has 0 amide bonds. The molecule has 0 spiro atoms. The highest BCUT2D eigenvalue weighted by molar-refractivity contribution is 5.70. The van der Waals surface area contributed by atoms with E-state index >= 15 is 0 Å². The number of carboxylic acid groups (broad SMARTS) is 3. The van der Waals surface area contributed by atoms with Crippen LogP contribution in [0.1, 0.15) is 169 Å². The first-order valence-electron chi connectivity index (χ1n) is 18.8. The number of nitrogens with zero attached hydrogens (tertiary/aromatic N) is 1. The highest BCUT2D eigenvalue weighted by Gasteiger charge is 2.39. The summed E-state index contributed by atoms with van der Waals surface area (Å²) >= 11 is 0. The number of unbranched alkanes of at least 4 members (excludes halogenated alkanes) is 17. The van der Waals surface area contributed by atoms with E-state index in [0.29, 0.717) is 25.8 Å². The lowest BCUT2D eigenvalue weighted by Crippen LogP contribution is -2.59. The first kappa shape index (κ1) is 43.1. The van der Waals surface area contributed by atoms with Gasteiger partial charge in [0.05, 0.1) is 32.1 Å². The molecule has 0 saturated carbocycles. The van der Waals surface area contributed by atoms with Crippen molar-refractivity contribution in [1.82, 2.24) is 0 Å². The number of hydrogen-bond donors (Lipinski definition) is 2. The van der Waals surface area contributed by atoms with E-state index in [9.17, 15) is 29.7 Å². The molecule has 0 aliphatic heterocycles. The monoisotopic (exact) mass is 638 g/mol. The SMILES string of the molecule is CCCCC/C=C/CCCCCCCCCCCCCCCC[N+](CC(CC)C(=O)[O-])(CC(CC)C(=O)O)CC(CC)C(=O)O. The fourth-order valence-electron chi connectivity index (χ4n) is 6.61. The summed E-state index contributed by atoms with van der Waals surface area (Å²) in [7, 11) is 0. The summed E-state index contributed by atoms with van der Waals surface area (Å²) in [6.07, 6.45) is 29.7.